The molecule has 1 aromatic carbocycles. The summed E-state index contributed by atoms with van der Waals surface area (Å²) >= 11 is 6.00. The van der Waals surface area contributed by atoms with Gasteiger partial charge in [0.25, 0.3) is 0 Å². The van der Waals surface area contributed by atoms with Gasteiger partial charge in [-0.3, -0.25) is 0 Å². The van der Waals surface area contributed by atoms with Crippen molar-refractivity contribution in [1.29, 1.82) is 0 Å². The lowest BCUT2D eigenvalue weighted by molar-refractivity contribution is -0.116. The lowest BCUT2D eigenvalue weighted by atomic mass is 10.1. The molecule has 2 nitrogen and oxygen atoms in total. The third-order valence-corrected chi connectivity index (χ3v) is 2.36. The van der Waals surface area contributed by atoms with Crippen molar-refractivity contribution in [2.45, 2.75) is 19.8 Å². The van der Waals surface area contributed by atoms with E-state index in [4.69, 9.17) is 16.3 Å². The Morgan fingerprint density at radius 2 is 2.21 bits per heavy atom. The van der Waals surface area contributed by atoms with E-state index in [2.05, 4.69) is 0 Å². The van der Waals surface area contributed by atoms with Crippen molar-refractivity contribution in [3.8, 4) is 5.75 Å². The van der Waals surface area contributed by atoms with Gasteiger partial charge in [-0.15, -0.1) is 0 Å². The Morgan fingerprint density at radius 1 is 1.50 bits per heavy atom. The summed E-state index contributed by atoms with van der Waals surface area (Å²) in [6.45, 7) is 1.58. The van der Waals surface area contributed by atoms with E-state index in [0.29, 0.717) is 17.9 Å². The molecule has 76 valence electrons. The maximum absolute atomic E-state index is 10.8. The van der Waals surface area contributed by atoms with Crippen LogP contribution < -0.4 is 4.74 Å². The zero-order chi connectivity index (χ0) is 10.6. The average Bonchev–Trinajstić information content (AvgIpc) is 2.15. The van der Waals surface area contributed by atoms with Gasteiger partial charge in [0.05, 0.1) is 7.11 Å². The molecule has 0 amide bonds. The molecule has 1 aromatic rings. The Morgan fingerprint density at radius 3 is 2.71 bits per heavy atom. The standard InChI is InChI=1S/C11H13ClO2/c1-8(13)3-4-9-5-6-10(14-2)7-11(9)12/h5-7H,3-4H2,1-2H3. The molecule has 0 aliphatic heterocycles. The van der Waals surface area contributed by atoms with Crippen LogP contribution in [0.25, 0.3) is 0 Å². The van der Waals surface area contributed by atoms with Gasteiger partial charge in [-0.2, -0.15) is 0 Å². The first-order valence-corrected chi connectivity index (χ1v) is 4.83. The normalized spacial score (nSPS) is 9.93. The van der Waals surface area contributed by atoms with Crippen molar-refractivity contribution in [2.75, 3.05) is 7.11 Å². The number of benzene rings is 1. The van der Waals surface area contributed by atoms with Crippen LogP contribution in [-0.4, -0.2) is 12.9 Å². The largest absolute Gasteiger partial charge is 0.497 e. The summed E-state index contributed by atoms with van der Waals surface area (Å²) in [7, 11) is 1.60. The Balaban J connectivity index is 2.73. The minimum atomic E-state index is 0.178. The molecular weight excluding hydrogens is 200 g/mol. The summed E-state index contributed by atoms with van der Waals surface area (Å²) in [6.07, 6.45) is 1.23. The second-order valence-corrected chi connectivity index (χ2v) is 3.57. The number of carbonyl (C=O) groups is 1. The molecule has 0 N–H and O–H groups in total. The number of ketones is 1. The first kappa shape index (κ1) is 11.1. The van der Waals surface area contributed by atoms with E-state index in [1.807, 2.05) is 12.1 Å². The van der Waals surface area contributed by atoms with Crippen LogP contribution in [0.4, 0.5) is 0 Å². The monoisotopic (exact) mass is 212 g/mol. The van der Waals surface area contributed by atoms with Gasteiger partial charge in [0.1, 0.15) is 11.5 Å². The number of ether oxygens (including phenoxy) is 1. The van der Waals surface area contributed by atoms with E-state index in [9.17, 15) is 4.79 Å². The van der Waals surface area contributed by atoms with Gasteiger partial charge in [0, 0.05) is 11.4 Å². The lowest BCUT2D eigenvalue weighted by Gasteiger charge is -2.05. The first-order valence-electron chi connectivity index (χ1n) is 4.45. The van der Waals surface area contributed by atoms with Crippen LogP contribution in [0.3, 0.4) is 0 Å². The third kappa shape index (κ3) is 3.04. The zero-order valence-electron chi connectivity index (χ0n) is 8.34. The molecule has 0 radical (unpaired) electrons. The molecule has 0 unspecified atom stereocenters. The van der Waals surface area contributed by atoms with Gasteiger partial charge < -0.3 is 9.53 Å². The van der Waals surface area contributed by atoms with Crippen LogP contribution in [0.2, 0.25) is 5.02 Å². The Kier molecular flexibility index (Phi) is 3.96. The fourth-order valence-corrected chi connectivity index (χ4v) is 1.43. The minimum Gasteiger partial charge on any atom is -0.497 e. The first-order chi connectivity index (χ1) is 6.63. The molecule has 0 atom stereocenters. The highest BCUT2D eigenvalue weighted by molar-refractivity contribution is 6.31. The molecule has 0 aliphatic carbocycles. The summed E-state index contributed by atoms with van der Waals surface area (Å²) < 4.78 is 5.02. The molecule has 0 fully saturated rings. The van der Waals surface area contributed by atoms with Crippen LogP contribution in [0.1, 0.15) is 18.9 Å². The molecular formula is C11H13ClO2. The number of halogens is 1. The molecule has 14 heavy (non-hydrogen) atoms. The second-order valence-electron chi connectivity index (χ2n) is 3.16. The molecule has 3 heteroatoms. The summed E-state index contributed by atoms with van der Waals surface area (Å²) in [5.41, 5.74) is 0.989. The van der Waals surface area contributed by atoms with E-state index >= 15 is 0 Å². The van der Waals surface area contributed by atoms with Crippen molar-refractivity contribution in [1.82, 2.24) is 0 Å². The predicted molar refractivity (Wildman–Crippen MR) is 57.0 cm³/mol. The fraction of sp³-hybridized carbons (Fsp3) is 0.364. The van der Waals surface area contributed by atoms with Gasteiger partial charge in [-0.05, 0) is 31.0 Å². The fourth-order valence-electron chi connectivity index (χ4n) is 1.17. The summed E-state index contributed by atoms with van der Waals surface area (Å²) in [5.74, 6) is 0.915. The van der Waals surface area contributed by atoms with Crippen molar-refractivity contribution in [2.24, 2.45) is 0 Å². The van der Waals surface area contributed by atoms with E-state index in [1.54, 1.807) is 20.1 Å². The minimum absolute atomic E-state index is 0.178. The zero-order valence-corrected chi connectivity index (χ0v) is 9.10. The van der Waals surface area contributed by atoms with E-state index < -0.39 is 0 Å². The number of aryl methyl sites for hydroxylation is 1. The maximum atomic E-state index is 10.8. The van der Waals surface area contributed by atoms with Crippen LogP contribution in [0.15, 0.2) is 18.2 Å². The summed E-state index contributed by atoms with van der Waals surface area (Å²) in [4.78, 5) is 10.8. The Labute approximate surface area is 88.8 Å². The average molecular weight is 213 g/mol. The van der Waals surface area contributed by atoms with Crippen LogP contribution in [0, 0.1) is 0 Å². The Hall–Kier alpha value is -1.02. The number of methoxy groups -OCH3 is 1. The highest BCUT2D eigenvalue weighted by atomic mass is 35.5. The second kappa shape index (κ2) is 5.01. The van der Waals surface area contributed by atoms with Gasteiger partial charge in [0.15, 0.2) is 0 Å². The molecule has 0 aliphatic rings. The maximum Gasteiger partial charge on any atom is 0.130 e. The molecule has 0 heterocycles. The van der Waals surface area contributed by atoms with E-state index in [1.165, 1.54) is 0 Å². The van der Waals surface area contributed by atoms with Gasteiger partial charge >= 0.3 is 0 Å². The van der Waals surface area contributed by atoms with Crippen LogP contribution in [-0.2, 0) is 11.2 Å². The summed E-state index contributed by atoms with van der Waals surface area (Å²) in [5, 5.41) is 0.658. The molecule has 0 saturated carbocycles. The highest BCUT2D eigenvalue weighted by Crippen LogP contribution is 2.23. The van der Waals surface area contributed by atoms with Gasteiger partial charge in [-0.1, -0.05) is 17.7 Å². The molecule has 0 saturated heterocycles. The topological polar surface area (TPSA) is 26.3 Å². The van der Waals surface area contributed by atoms with Crippen LogP contribution in [0.5, 0.6) is 5.75 Å². The number of carbonyl (C=O) groups excluding carboxylic acids is 1. The highest BCUT2D eigenvalue weighted by Gasteiger charge is 2.03. The molecule has 0 aromatic heterocycles. The van der Waals surface area contributed by atoms with Gasteiger partial charge in [0.2, 0.25) is 0 Å². The van der Waals surface area contributed by atoms with Crippen LogP contribution >= 0.6 is 11.6 Å². The van der Waals surface area contributed by atoms with Crippen molar-refractivity contribution < 1.29 is 9.53 Å². The third-order valence-electron chi connectivity index (χ3n) is 2.01. The van der Waals surface area contributed by atoms with Crippen molar-refractivity contribution >= 4 is 17.4 Å². The quantitative estimate of drug-likeness (QED) is 0.767. The van der Waals surface area contributed by atoms with Gasteiger partial charge in [-0.25, -0.2) is 0 Å². The smallest absolute Gasteiger partial charge is 0.130 e. The van der Waals surface area contributed by atoms with Crippen molar-refractivity contribution in [3.63, 3.8) is 0 Å². The van der Waals surface area contributed by atoms with E-state index in [0.717, 1.165) is 11.3 Å². The van der Waals surface area contributed by atoms with Crippen molar-refractivity contribution in [3.05, 3.63) is 28.8 Å². The number of rotatable bonds is 4. The summed E-state index contributed by atoms with van der Waals surface area (Å²) in [6, 6.07) is 5.50. The molecule has 0 spiro atoms. The number of Topliss-reactive ketones (excluding diaryl/α,β-unsaturated/α-hetero) is 1. The number of hydrogen-bond donors (Lipinski definition) is 0. The number of hydrogen-bond acceptors (Lipinski definition) is 2. The molecule has 0 bridgehead atoms. The molecule has 1 rings (SSSR count). The SMILES string of the molecule is COc1ccc(CCC(C)=O)c(Cl)c1. The van der Waals surface area contributed by atoms with E-state index in [-0.39, 0.29) is 5.78 Å². The Bertz CT molecular complexity index is 334. The predicted octanol–water partition coefficient (Wildman–Crippen LogP) is 2.87. The lowest BCUT2D eigenvalue weighted by Crippen LogP contribution is -1.95.